The van der Waals surface area contributed by atoms with Gasteiger partial charge in [0.1, 0.15) is 12.2 Å². The number of pyridine rings is 1. The second-order valence-corrected chi connectivity index (χ2v) is 4.32. The molecule has 2 aromatic rings. The van der Waals surface area contributed by atoms with E-state index in [1.54, 1.807) is 6.07 Å². The summed E-state index contributed by atoms with van der Waals surface area (Å²) in [7, 11) is 0. The third kappa shape index (κ3) is 1.60. The molecule has 0 saturated heterocycles. The highest BCUT2D eigenvalue weighted by atomic mass is 35.5. The molecule has 1 aliphatic heterocycles. The fourth-order valence-electron chi connectivity index (χ4n) is 1.92. The maximum atomic E-state index is 12.2. The lowest BCUT2D eigenvalue weighted by Crippen LogP contribution is -2.21. The molecule has 3 rings (SSSR count). The van der Waals surface area contributed by atoms with E-state index in [1.165, 1.54) is 24.8 Å². The fourth-order valence-corrected chi connectivity index (χ4v) is 2.08. The van der Waals surface area contributed by atoms with Gasteiger partial charge in [-0.1, -0.05) is 11.6 Å². The van der Waals surface area contributed by atoms with Crippen LogP contribution in [-0.4, -0.2) is 16.7 Å². The highest BCUT2D eigenvalue weighted by Gasteiger charge is 2.38. The van der Waals surface area contributed by atoms with Gasteiger partial charge in [0.15, 0.2) is 5.78 Å². The molecule has 6 heteroatoms. The number of carbonyl (C=O) groups is 2. The number of amides is 1. The fraction of sp³-hybridized carbons (Fsp3) is 0.0833. The number of furan rings is 1. The second kappa shape index (κ2) is 3.96. The molecular weight excluding hydrogens is 256 g/mol. The van der Waals surface area contributed by atoms with Crippen molar-refractivity contribution in [2.45, 2.75) is 5.92 Å². The van der Waals surface area contributed by atoms with Crippen LogP contribution in [0.2, 0.25) is 5.02 Å². The van der Waals surface area contributed by atoms with Crippen LogP contribution in [-0.2, 0) is 4.79 Å². The molecule has 1 atom stereocenters. The Kier molecular flexibility index (Phi) is 2.41. The zero-order valence-electron chi connectivity index (χ0n) is 9.01. The Morgan fingerprint density at radius 2 is 2.33 bits per heavy atom. The van der Waals surface area contributed by atoms with Gasteiger partial charge in [-0.25, -0.2) is 0 Å². The van der Waals surface area contributed by atoms with Crippen LogP contribution < -0.4 is 5.32 Å². The Morgan fingerprint density at radius 3 is 3.06 bits per heavy atom. The van der Waals surface area contributed by atoms with Gasteiger partial charge in [-0.2, -0.15) is 0 Å². The quantitative estimate of drug-likeness (QED) is 0.665. The lowest BCUT2D eigenvalue weighted by molar-refractivity contribution is -0.116. The number of hydrogen-bond acceptors (Lipinski definition) is 4. The Morgan fingerprint density at radius 1 is 1.50 bits per heavy atom. The summed E-state index contributed by atoms with van der Waals surface area (Å²) < 4.78 is 4.84. The number of halogens is 1. The average molecular weight is 263 g/mol. The van der Waals surface area contributed by atoms with Crippen LogP contribution in [0, 0.1) is 0 Å². The summed E-state index contributed by atoms with van der Waals surface area (Å²) in [4.78, 5) is 28.1. The summed E-state index contributed by atoms with van der Waals surface area (Å²) in [6, 6.07) is 3.09. The Hall–Kier alpha value is -2.14. The van der Waals surface area contributed by atoms with E-state index < -0.39 is 11.8 Å². The maximum Gasteiger partial charge on any atom is 0.241 e. The first-order valence-electron chi connectivity index (χ1n) is 5.19. The molecule has 0 spiro atoms. The van der Waals surface area contributed by atoms with Crippen LogP contribution in [0.1, 0.15) is 22.0 Å². The van der Waals surface area contributed by atoms with Crippen molar-refractivity contribution in [3.8, 4) is 0 Å². The first kappa shape index (κ1) is 11.0. The van der Waals surface area contributed by atoms with Gasteiger partial charge in [0, 0.05) is 6.20 Å². The van der Waals surface area contributed by atoms with E-state index in [4.69, 9.17) is 16.0 Å². The molecule has 0 aliphatic carbocycles. The van der Waals surface area contributed by atoms with Gasteiger partial charge >= 0.3 is 0 Å². The standard InChI is InChI=1S/C12H7ClN2O3/c13-7-3-8-10(14-4-7)9(12(17)15-8)11(16)6-1-2-18-5-6/h1-5,9H,(H,15,17). The van der Waals surface area contributed by atoms with Gasteiger partial charge in [-0.15, -0.1) is 0 Å². The monoisotopic (exact) mass is 262 g/mol. The second-order valence-electron chi connectivity index (χ2n) is 3.88. The van der Waals surface area contributed by atoms with Crippen LogP contribution >= 0.6 is 11.6 Å². The van der Waals surface area contributed by atoms with Gasteiger partial charge in [-0.3, -0.25) is 14.6 Å². The molecule has 3 heterocycles. The Balaban J connectivity index is 2.04. The summed E-state index contributed by atoms with van der Waals surface area (Å²) in [6.45, 7) is 0. The number of nitrogens with zero attached hydrogens (tertiary/aromatic N) is 1. The van der Waals surface area contributed by atoms with Crippen molar-refractivity contribution in [2.24, 2.45) is 0 Å². The molecule has 0 aromatic carbocycles. The smallest absolute Gasteiger partial charge is 0.241 e. The average Bonchev–Trinajstić information content (AvgIpc) is 2.94. The van der Waals surface area contributed by atoms with Crippen LogP contribution in [0.4, 0.5) is 5.69 Å². The number of nitrogens with one attached hydrogen (secondary N) is 1. The molecule has 90 valence electrons. The molecular formula is C12H7ClN2O3. The van der Waals surface area contributed by atoms with Gasteiger partial charge in [0.2, 0.25) is 5.91 Å². The summed E-state index contributed by atoms with van der Waals surface area (Å²) in [5.74, 6) is -1.67. The molecule has 1 unspecified atom stereocenters. The molecule has 0 saturated carbocycles. The van der Waals surface area contributed by atoms with Crippen molar-refractivity contribution in [1.29, 1.82) is 0 Å². The third-order valence-corrected chi connectivity index (χ3v) is 2.95. The van der Waals surface area contributed by atoms with E-state index in [2.05, 4.69) is 10.3 Å². The van der Waals surface area contributed by atoms with Gasteiger partial charge in [0.25, 0.3) is 0 Å². The zero-order chi connectivity index (χ0) is 12.7. The van der Waals surface area contributed by atoms with Crippen LogP contribution in [0.3, 0.4) is 0 Å². The number of carbonyl (C=O) groups excluding carboxylic acids is 2. The lowest BCUT2D eigenvalue weighted by Gasteiger charge is -2.04. The highest BCUT2D eigenvalue weighted by Crippen LogP contribution is 2.34. The number of hydrogen-bond donors (Lipinski definition) is 1. The van der Waals surface area contributed by atoms with Gasteiger partial charge in [-0.05, 0) is 12.1 Å². The number of ketones is 1. The largest absolute Gasteiger partial charge is 0.472 e. The number of aromatic nitrogens is 1. The molecule has 1 N–H and O–H groups in total. The summed E-state index contributed by atoms with van der Waals surface area (Å²) in [5, 5.41) is 3.00. The first-order chi connectivity index (χ1) is 8.66. The minimum atomic E-state index is -0.935. The van der Waals surface area contributed by atoms with E-state index in [9.17, 15) is 9.59 Å². The lowest BCUT2D eigenvalue weighted by atomic mass is 9.97. The molecule has 1 amide bonds. The van der Waals surface area contributed by atoms with Crippen molar-refractivity contribution >= 4 is 29.0 Å². The predicted molar refractivity (Wildman–Crippen MR) is 63.7 cm³/mol. The van der Waals surface area contributed by atoms with Gasteiger partial charge in [0.05, 0.1) is 28.2 Å². The summed E-state index contributed by atoms with van der Waals surface area (Å²) in [6.07, 6.45) is 4.11. The number of fused-ring (bicyclic) bond motifs is 1. The van der Waals surface area contributed by atoms with E-state index in [0.29, 0.717) is 22.0 Å². The normalized spacial score (nSPS) is 17.4. The SMILES string of the molecule is O=C1Nc2cc(Cl)cnc2C1C(=O)c1ccoc1. The molecule has 1 aliphatic rings. The molecule has 0 radical (unpaired) electrons. The van der Waals surface area contributed by atoms with E-state index in [-0.39, 0.29) is 5.78 Å². The van der Waals surface area contributed by atoms with Crippen LogP contribution in [0.5, 0.6) is 0 Å². The minimum absolute atomic E-state index is 0.338. The Bertz CT molecular complexity index is 637. The minimum Gasteiger partial charge on any atom is -0.472 e. The highest BCUT2D eigenvalue weighted by molar-refractivity contribution is 6.31. The molecule has 0 bridgehead atoms. The van der Waals surface area contributed by atoms with Crippen molar-refractivity contribution in [1.82, 2.24) is 4.98 Å². The Labute approximate surface area is 107 Å². The van der Waals surface area contributed by atoms with Crippen molar-refractivity contribution in [3.63, 3.8) is 0 Å². The van der Waals surface area contributed by atoms with Gasteiger partial charge < -0.3 is 9.73 Å². The van der Waals surface area contributed by atoms with Crippen molar-refractivity contribution < 1.29 is 14.0 Å². The molecule has 2 aromatic heterocycles. The third-order valence-electron chi connectivity index (χ3n) is 2.75. The summed E-state index contributed by atoms with van der Waals surface area (Å²) >= 11 is 5.78. The predicted octanol–water partition coefficient (Wildman–Crippen LogP) is 2.25. The maximum absolute atomic E-state index is 12.2. The number of Topliss-reactive ketones (excluding diaryl/α,β-unsaturated/α-hetero) is 1. The molecule has 18 heavy (non-hydrogen) atoms. The van der Waals surface area contributed by atoms with Crippen molar-refractivity contribution in [2.75, 3.05) is 5.32 Å². The first-order valence-corrected chi connectivity index (χ1v) is 5.57. The molecule has 0 fully saturated rings. The topological polar surface area (TPSA) is 72.2 Å². The van der Waals surface area contributed by atoms with Crippen molar-refractivity contribution in [3.05, 3.63) is 47.1 Å². The summed E-state index contributed by atoms with van der Waals surface area (Å²) in [5.41, 5.74) is 1.23. The van der Waals surface area contributed by atoms with E-state index >= 15 is 0 Å². The van der Waals surface area contributed by atoms with E-state index in [1.807, 2.05) is 0 Å². The number of anilines is 1. The van der Waals surface area contributed by atoms with Crippen LogP contribution in [0.15, 0.2) is 35.3 Å². The number of rotatable bonds is 2. The van der Waals surface area contributed by atoms with Crippen LogP contribution in [0.25, 0.3) is 0 Å². The molecule has 5 nitrogen and oxygen atoms in total. The van der Waals surface area contributed by atoms with E-state index in [0.717, 1.165) is 0 Å². The zero-order valence-corrected chi connectivity index (χ0v) is 9.77.